The van der Waals surface area contributed by atoms with E-state index in [1.165, 1.54) is 17.5 Å². The molecule has 0 saturated heterocycles. The van der Waals surface area contributed by atoms with Crippen LogP contribution in [-0.2, 0) is 25.9 Å². The van der Waals surface area contributed by atoms with E-state index in [2.05, 4.69) is 17.4 Å². The Morgan fingerprint density at radius 1 is 1.00 bits per heavy atom. The Labute approximate surface area is 170 Å². The molecule has 1 aliphatic carbocycles. The molecule has 1 amide bonds. The second-order valence-corrected chi connectivity index (χ2v) is 7.19. The first kappa shape index (κ1) is 19.1. The Balaban J connectivity index is 1.25. The highest BCUT2D eigenvalue weighted by atomic mass is 16.5. The Bertz CT molecular complexity index is 975. The standard InChI is InChI=1S/C24H25NO4/c1-27-20-8-5-17(6-9-20)13-14-25-24(26)23-12-11-22(29-23)16-28-21-10-7-18-3-2-4-19(18)15-21/h5-12,15H,2-4,13-14,16H2,1H3,(H,25,26). The molecule has 0 bridgehead atoms. The van der Waals surface area contributed by atoms with E-state index in [-0.39, 0.29) is 5.91 Å². The number of carbonyl (C=O) groups is 1. The molecule has 0 unspecified atom stereocenters. The number of methoxy groups -OCH3 is 1. The lowest BCUT2D eigenvalue weighted by molar-refractivity contribution is 0.0922. The van der Waals surface area contributed by atoms with Gasteiger partial charge in [-0.2, -0.15) is 0 Å². The van der Waals surface area contributed by atoms with Crippen molar-refractivity contribution in [2.45, 2.75) is 32.3 Å². The molecule has 1 heterocycles. The molecule has 0 spiro atoms. The van der Waals surface area contributed by atoms with Crippen LogP contribution in [-0.4, -0.2) is 19.6 Å². The second kappa shape index (κ2) is 8.86. The third-order valence-corrected chi connectivity index (χ3v) is 5.19. The van der Waals surface area contributed by atoms with Crippen LogP contribution >= 0.6 is 0 Å². The Kier molecular flexibility index (Phi) is 5.84. The van der Waals surface area contributed by atoms with E-state index < -0.39 is 0 Å². The summed E-state index contributed by atoms with van der Waals surface area (Å²) in [5.74, 6) is 2.37. The Morgan fingerprint density at radius 3 is 2.62 bits per heavy atom. The molecule has 1 aliphatic rings. The third-order valence-electron chi connectivity index (χ3n) is 5.19. The normalized spacial score (nSPS) is 12.4. The summed E-state index contributed by atoms with van der Waals surface area (Å²) >= 11 is 0. The van der Waals surface area contributed by atoms with Crippen molar-refractivity contribution in [1.29, 1.82) is 0 Å². The SMILES string of the molecule is COc1ccc(CCNC(=O)c2ccc(COc3ccc4c(c3)CCC4)o2)cc1. The molecule has 0 atom stereocenters. The molecule has 5 nitrogen and oxygen atoms in total. The molecule has 150 valence electrons. The molecule has 4 rings (SSSR count). The van der Waals surface area contributed by atoms with E-state index in [1.54, 1.807) is 19.2 Å². The predicted octanol–water partition coefficient (Wildman–Crippen LogP) is 4.33. The second-order valence-electron chi connectivity index (χ2n) is 7.19. The molecule has 3 aromatic rings. The zero-order valence-electron chi connectivity index (χ0n) is 16.6. The van der Waals surface area contributed by atoms with Gasteiger partial charge in [0.15, 0.2) is 5.76 Å². The van der Waals surface area contributed by atoms with Crippen LogP contribution in [0.15, 0.2) is 59.0 Å². The van der Waals surface area contributed by atoms with Crippen LogP contribution in [0.25, 0.3) is 0 Å². The number of benzene rings is 2. The summed E-state index contributed by atoms with van der Waals surface area (Å²) in [6.45, 7) is 0.838. The lowest BCUT2D eigenvalue weighted by atomic mass is 10.1. The van der Waals surface area contributed by atoms with E-state index in [0.717, 1.165) is 36.3 Å². The van der Waals surface area contributed by atoms with Crippen LogP contribution in [0.2, 0.25) is 0 Å². The summed E-state index contributed by atoms with van der Waals surface area (Å²) in [5.41, 5.74) is 3.93. The van der Waals surface area contributed by atoms with Crippen molar-refractivity contribution in [2.24, 2.45) is 0 Å². The molecule has 0 saturated carbocycles. The molecule has 2 aromatic carbocycles. The minimum Gasteiger partial charge on any atom is -0.497 e. The first-order valence-electron chi connectivity index (χ1n) is 9.96. The number of amides is 1. The fourth-order valence-electron chi connectivity index (χ4n) is 3.57. The highest BCUT2D eigenvalue weighted by Crippen LogP contribution is 2.26. The summed E-state index contributed by atoms with van der Waals surface area (Å²) in [4.78, 5) is 12.3. The fraction of sp³-hybridized carbons (Fsp3) is 0.292. The van der Waals surface area contributed by atoms with Crippen LogP contribution in [0.4, 0.5) is 0 Å². The van der Waals surface area contributed by atoms with Gasteiger partial charge in [-0.1, -0.05) is 18.2 Å². The van der Waals surface area contributed by atoms with Gasteiger partial charge in [0.25, 0.3) is 5.91 Å². The fourth-order valence-corrected chi connectivity index (χ4v) is 3.57. The number of hydrogen-bond acceptors (Lipinski definition) is 4. The number of hydrogen-bond donors (Lipinski definition) is 1. The van der Waals surface area contributed by atoms with E-state index >= 15 is 0 Å². The quantitative estimate of drug-likeness (QED) is 0.621. The lowest BCUT2D eigenvalue weighted by Gasteiger charge is -2.07. The van der Waals surface area contributed by atoms with Gasteiger partial charge < -0.3 is 19.2 Å². The highest BCUT2D eigenvalue weighted by Gasteiger charge is 2.13. The van der Waals surface area contributed by atoms with Crippen molar-refractivity contribution in [3.05, 3.63) is 82.8 Å². The average molecular weight is 391 g/mol. The number of fused-ring (bicyclic) bond motifs is 1. The molecule has 0 aliphatic heterocycles. The van der Waals surface area contributed by atoms with Gasteiger partial charge in [-0.15, -0.1) is 0 Å². The summed E-state index contributed by atoms with van der Waals surface area (Å²) in [6.07, 6.45) is 4.23. The van der Waals surface area contributed by atoms with Gasteiger partial charge in [0, 0.05) is 6.54 Å². The molecule has 29 heavy (non-hydrogen) atoms. The maximum atomic E-state index is 12.3. The van der Waals surface area contributed by atoms with Crippen molar-refractivity contribution in [3.63, 3.8) is 0 Å². The number of ether oxygens (including phenoxy) is 2. The number of rotatable bonds is 8. The van der Waals surface area contributed by atoms with Gasteiger partial charge in [0.05, 0.1) is 7.11 Å². The van der Waals surface area contributed by atoms with Gasteiger partial charge >= 0.3 is 0 Å². The Hall–Kier alpha value is -3.21. The number of aryl methyl sites for hydroxylation is 2. The zero-order chi connectivity index (χ0) is 20.1. The van der Waals surface area contributed by atoms with Gasteiger partial charge in [0.1, 0.15) is 23.9 Å². The van der Waals surface area contributed by atoms with E-state index in [1.807, 2.05) is 30.3 Å². The predicted molar refractivity (Wildman–Crippen MR) is 111 cm³/mol. The summed E-state index contributed by atoms with van der Waals surface area (Å²) in [5, 5.41) is 2.89. The minimum absolute atomic E-state index is 0.220. The van der Waals surface area contributed by atoms with Crippen LogP contribution in [0, 0.1) is 0 Å². The summed E-state index contributed by atoms with van der Waals surface area (Å²) in [6, 6.07) is 17.5. The highest BCUT2D eigenvalue weighted by molar-refractivity contribution is 5.91. The van der Waals surface area contributed by atoms with Crippen molar-refractivity contribution < 1.29 is 18.7 Å². The smallest absolute Gasteiger partial charge is 0.287 e. The number of furan rings is 1. The van der Waals surface area contributed by atoms with Crippen molar-refractivity contribution >= 4 is 5.91 Å². The maximum Gasteiger partial charge on any atom is 0.287 e. The van der Waals surface area contributed by atoms with Gasteiger partial charge in [-0.05, 0) is 78.8 Å². The monoisotopic (exact) mass is 391 g/mol. The van der Waals surface area contributed by atoms with Crippen molar-refractivity contribution in [2.75, 3.05) is 13.7 Å². The molecule has 1 aromatic heterocycles. The van der Waals surface area contributed by atoms with E-state index in [0.29, 0.717) is 24.7 Å². The van der Waals surface area contributed by atoms with Crippen LogP contribution in [0.1, 0.15) is 39.4 Å². The van der Waals surface area contributed by atoms with Gasteiger partial charge in [-0.3, -0.25) is 4.79 Å². The van der Waals surface area contributed by atoms with E-state index in [4.69, 9.17) is 13.9 Å². The molecular formula is C24H25NO4. The lowest BCUT2D eigenvalue weighted by Crippen LogP contribution is -2.25. The average Bonchev–Trinajstić information content (AvgIpc) is 3.42. The molecule has 5 heteroatoms. The Morgan fingerprint density at radius 2 is 1.79 bits per heavy atom. The van der Waals surface area contributed by atoms with Crippen molar-refractivity contribution in [3.8, 4) is 11.5 Å². The third kappa shape index (κ3) is 4.80. The first-order chi connectivity index (χ1) is 14.2. The summed E-state index contributed by atoms with van der Waals surface area (Å²) < 4.78 is 16.6. The number of nitrogens with one attached hydrogen (secondary N) is 1. The topological polar surface area (TPSA) is 60.7 Å². The first-order valence-corrected chi connectivity index (χ1v) is 9.96. The van der Waals surface area contributed by atoms with Crippen molar-refractivity contribution in [1.82, 2.24) is 5.32 Å². The largest absolute Gasteiger partial charge is 0.497 e. The minimum atomic E-state index is -0.220. The molecule has 1 N–H and O–H groups in total. The van der Waals surface area contributed by atoms with E-state index in [9.17, 15) is 4.79 Å². The van der Waals surface area contributed by atoms with Gasteiger partial charge in [0.2, 0.25) is 0 Å². The van der Waals surface area contributed by atoms with Crippen LogP contribution in [0.3, 0.4) is 0 Å². The van der Waals surface area contributed by atoms with Crippen LogP contribution < -0.4 is 14.8 Å². The summed E-state index contributed by atoms with van der Waals surface area (Å²) in [7, 11) is 1.64. The number of carbonyl (C=O) groups excluding carboxylic acids is 1. The maximum absolute atomic E-state index is 12.3. The zero-order valence-corrected chi connectivity index (χ0v) is 16.6. The molecule has 0 fully saturated rings. The molecule has 0 radical (unpaired) electrons. The molecular weight excluding hydrogens is 366 g/mol. The van der Waals surface area contributed by atoms with Gasteiger partial charge in [-0.25, -0.2) is 0 Å². The van der Waals surface area contributed by atoms with Crippen LogP contribution in [0.5, 0.6) is 11.5 Å².